The third kappa shape index (κ3) is 1.82. The molecule has 0 bridgehead atoms. The number of phenols is 1. The summed E-state index contributed by atoms with van der Waals surface area (Å²) in [5.74, 6) is 0.0397. The zero-order valence-corrected chi connectivity index (χ0v) is 7.20. The number of hydrogen-bond donors (Lipinski definition) is 3. The summed E-state index contributed by atoms with van der Waals surface area (Å²) in [6.07, 6.45) is 5.03. The summed E-state index contributed by atoms with van der Waals surface area (Å²) >= 11 is 0. The van der Waals surface area contributed by atoms with Crippen LogP contribution in [0.3, 0.4) is 0 Å². The van der Waals surface area contributed by atoms with Crippen LogP contribution in [0.1, 0.15) is 5.56 Å². The molecule has 0 unspecified atom stereocenters. The van der Waals surface area contributed by atoms with Gasteiger partial charge < -0.3 is 16.6 Å². The predicted octanol–water partition coefficient (Wildman–Crippen LogP) is 1.76. The summed E-state index contributed by atoms with van der Waals surface area (Å²) in [5.41, 5.74) is 12.7. The monoisotopic (exact) mass is 176 g/mol. The van der Waals surface area contributed by atoms with Crippen molar-refractivity contribution in [2.24, 2.45) is 0 Å². The molecular formula is C10H12N2O. The maximum absolute atomic E-state index is 9.28. The van der Waals surface area contributed by atoms with Crippen LogP contribution >= 0.6 is 0 Å². The van der Waals surface area contributed by atoms with E-state index in [0.717, 1.165) is 0 Å². The van der Waals surface area contributed by atoms with Gasteiger partial charge >= 0.3 is 0 Å². The zero-order valence-electron chi connectivity index (χ0n) is 7.20. The van der Waals surface area contributed by atoms with Crippen molar-refractivity contribution in [2.75, 3.05) is 11.5 Å². The van der Waals surface area contributed by atoms with E-state index in [4.69, 9.17) is 11.5 Å². The molecule has 13 heavy (non-hydrogen) atoms. The lowest BCUT2D eigenvalue weighted by atomic mass is 10.1. The number of phenolic OH excluding ortho intramolecular Hbond substituents is 1. The summed E-state index contributed by atoms with van der Waals surface area (Å²) in [7, 11) is 0. The first kappa shape index (κ1) is 9.19. The molecule has 0 fully saturated rings. The van der Waals surface area contributed by atoms with E-state index in [-0.39, 0.29) is 11.4 Å². The average Bonchev–Trinajstić information content (AvgIpc) is 2.12. The topological polar surface area (TPSA) is 72.3 Å². The van der Waals surface area contributed by atoms with Crippen molar-refractivity contribution < 1.29 is 5.11 Å². The quantitative estimate of drug-likeness (QED) is 0.278. The second kappa shape index (κ2) is 3.67. The van der Waals surface area contributed by atoms with Crippen molar-refractivity contribution in [3.8, 4) is 5.75 Å². The van der Waals surface area contributed by atoms with E-state index < -0.39 is 0 Å². The van der Waals surface area contributed by atoms with E-state index in [0.29, 0.717) is 11.3 Å². The van der Waals surface area contributed by atoms with Gasteiger partial charge in [-0.1, -0.05) is 24.8 Å². The summed E-state index contributed by atoms with van der Waals surface area (Å²) in [5, 5.41) is 9.28. The smallest absolute Gasteiger partial charge is 0.139 e. The van der Waals surface area contributed by atoms with Gasteiger partial charge in [0.2, 0.25) is 0 Å². The van der Waals surface area contributed by atoms with Crippen LogP contribution in [0.25, 0.3) is 6.08 Å². The molecule has 0 saturated carbocycles. The number of nitrogen functional groups attached to an aromatic ring is 2. The minimum atomic E-state index is 0.0397. The summed E-state index contributed by atoms with van der Waals surface area (Å²) in [6, 6.07) is 3.07. The van der Waals surface area contributed by atoms with E-state index in [9.17, 15) is 5.11 Å². The molecule has 5 N–H and O–H groups in total. The van der Waals surface area contributed by atoms with Gasteiger partial charge in [0, 0.05) is 11.3 Å². The zero-order chi connectivity index (χ0) is 9.84. The second-order valence-electron chi connectivity index (χ2n) is 2.60. The fourth-order valence-corrected chi connectivity index (χ4v) is 0.992. The maximum atomic E-state index is 9.28. The highest BCUT2D eigenvalue weighted by Gasteiger charge is 2.04. The van der Waals surface area contributed by atoms with Gasteiger partial charge in [0.05, 0.1) is 5.69 Å². The Labute approximate surface area is 77.0 Å². The Bertz CT molecular complexity index is 356. The Morgan fingerprint density at radius 3 is 2.62 bits per heavy atom. The normalized spacial score (nSPS) is 10.5. The minimum absolute atomic E-state index is 0.0397. The molecule has 1 aromatic carbocycles. The summed E-state index contributed by atoms with van der Waals surface area (Å²) < 4.78 is 0. The number of nitrogens with two attached hydrogens (primary N) is 2. The van der Waals surface area contributed by atoms with Gasteiger partial charge in [0.15, 0.2) is 0 Å². The van der Waals surface area contributed by atoms with Crippen molar-refractivity contribution in [3.63, 3.8) is 0 Å². The fourth-order valence-electron chi connectivity index (χ4n) is 0.992. The predicted molar refractivity (Wildman–Crippen MR) is 56.2 cm³/mol. The molecule has 1 aromatic rings. The van der Waals surface area contributed by atoms with E-state index in [1.807, 2.05) is 0 Å². The summed E-state index contributed by atoms with van der Waals surface area (Å²) in [4.78, 5) is 0. The Morgan fingerprint density at radius 1 is 1.31 bits per heavy atom. The van der Waals surface area contributed by atoms with Crippen LogP contribution in [0, 0.1) is 0 Å². The van der Waals surface area contributed by atoms with E-state index in [1.54, 1.807) is 24.3 Å². The minimum Gasteiger partial charge on any atom is -0.506 e. The molecule has 0 atom stereocenters. The van der Waals surface area contributed by atoms with Gasteiger partial charge in [-0.2, -0.15) is 0 Å². The third-order valence-electron chi connectivity index (χ3n) is 1.70. The Kier molecular flexibility index (Phi) is 2.59. The molecule has 0 amide bonds. The number of hydrogen-bond acceptors (Lipinski definition) is 3. The SMILES string of the molecule is C=C/C=C\c1c(N)ccc(O)c1N. The molecule has 0 aromatic heterocycles. The first-order valence-electron chi connectivity index (χ1n) is 3.83. The summed E-state index contributed by atoms with van der Waals surface area (Å²) in [6.45, 7) is 3.53. The van der Waals surface area contributed by atoms with Gasteiger partial charge in [0.1, 0.15) is 5.75 Å². The number of allylic oxidation sites excluding steroid dienone is 2. The van der Waals surface area contributed by atoms with E-state index in [2.05, 4.69) is 6.58 Å². The van der Waals surface area contributed by atoms with Crippen LogP contribution in [0.5, 0.6) is 5.75 Å². The van der Waals surface area contributed by atoms with Crippen LogP contribution in [-0.4, -0.2) is 5.11 Å². The molecule has 1 rings (SSSR count). The van der Waals surface area contributed by atoms with Gasteiger partial charge in [-0.3, -0.25) is 0 Å². The molecule has 0 aliphatic heterocycles. The fraction of sp³-hybridized carbons (Fsp3) is 0. The maximum Gasteiger partial charge on any atom is 0.139 e. The number of benzene rings is 1. The molecule has 3 nitrogen and oxygen atoms in total. The standard InChI is InChI=1S/C10H12N2O/c1-2-3-4-7-8(11)5-6-9(13)10(7)12/h2-6,13H,1,11-12H2/b4-3-. The highest BCUT2D eigenvalue weighted by atomic mass is 16.3. The highest BCUT2D eigenvalue weighted by Crippen LogP contribution is 2.29. The molecule has 68 valence electrons. The van der Waals surface area contributed by atoms with E-state index in [1.165, 1.54) is 6.07 Å². The van der Waals surface area contributed by atoms with Crippen molar-refractivity contribution in [2.45, 2.75) is 0 Å². The lowest BCUT2D eigenvalue weighted by Crippen LogP contribution is -1.95. The number of anilines is 2. The van der Waals surface area contributed by atoms with Crippen LogP contribution < -0.4 is 11.5 Å². The molecule has 0 radical (unpaired) electrons. The van der Waals surface area contributed by atoms with Crippen molar-refractivity contribution in [1.29, 1.82) is 0 Å². The van der Waals surface area contributed by atoms with Crippen LogP contribution in [0.15, 0.2) is 30.9 Å². The number of rotatable bonds is 2. The van der Waals surface area contributed by atoms with Gasteiger partial charge in [0.25, 0.3) is 0 Å². The average molecular weight is 176 g/mol. The van der Waals surface area contributed by atoms with Crippen molar-refractivity contribution in [3.05, 3.63) is 36.4 Å². The lowest BCUT2D eigenvalue weighted by molar-refractivity contribution is 0.478. The Balaban J connectivity index is 3.25. The van der Waals surface area contributed by atoms with E-state index >= 15 is 0 Å². The first-order valence-corrected chi connectivity index (χ1v) is 3.83. The molecule has 0 spiro atoms. The lowest BCUT2D eigenvalue weighted by Gasteiger charge is -2.05. The molecule has 0 saturated heterocycles. The highest BCUT2D eigenvalue weighted by molar-refractivity contribution is 5.79. The van der Waals surface area contributed by atoms with Crippen LogP contribution in [-0.2, 0) is 0 Å². The van der Waals surface area contributed by atoms with Crippen LogP contribution in [0.2, 0.25) is 0 Å². The van der Waals surface area contributed by atoms with Gasteiger partial charge in [-0.15, -0.1) is 0 Å². The Morgan fingerprint density at radius 2 is 2.00 bits per heavy atom. The van der Waals surface area contributed by atoms with Crippen molar-refractivity contribution >= 4 is 17.5 Å². The van der Waals surface area contributed by atoms with Gasteiger partial charge in [-0.25, -0.2) is 0 Å². The molecule has 0 aliphatic rings. The molecule has 3 heteroatoms. The first-order chi connectivity index (χ1) is 6.16. The van der Waals surface area contributed by atoms with Crippen molar-refractivity contribution in [1.82, 2.24) is 0 Å². The third-order valence-corrected chi connectivity index (χ3v) is 1.70. The molecule has 0 aliphatic carbocycles. The molecule has 0 heterocycles. The van der Waals surface area contributed by atoms with Gasteiger partial charge in [-0.05, 0) is 12.1 Å². The second-order valence-corrected chi connectivity index (χ2v) is 2.60. The Hall–Kier alpha value is -1.90. The number of aromatic hydroxyl groups is 1. The molecular weight excluding hydrogens is 164 g/mol. The largest absolute Gasteiger partial charge is 0.506 e. The van der Waals surface area contributed by atoms with Crippen LogP contribution in [0.4, 0.5) is 11.4 Å².